The first-order chi connectivity index (χ1) is 18.1. The Labute approximate surface area is 218 Å². The van der Waals surface area contributed by atoms with Gasteiger partial charge in [-0.3, -0.25) is 4.57 Å². The standard InChI is InChI=1S/C24H31F3N10O/c1-15(2)36-6-5-35(13-16(36)3)23-31-18-20(34-7-9-38-10-8-34)32-19(17-11-29-22(28-4)30-12-17)33-21(18)37(23)14-24(25,26)27/h11-12,16H,1,5-10,13-14H2,2-4H3,(H,28,29,30)/t16-/m0/s1. The molecule has 11 nitrogen and oxygen atoms in total. The van der Waals surface area contributed by atoms with Crippen LogP contribution in [0.5, 0.6) is 0 Å². The number of alkyl halides is 3. The number of ether oxygens (including phenoxy) is 1. The third-order valence-electron chi connectivity index (χ3n) is 6.74. The number of piperazine rings is 1. The second-order valence-electron chi connectivity index (χ2n) is 9.52. The van der Waals surface area contributed by atoms with Crippen molar-refractivity contribution in [3.8, 4) is 11.4 Å². The molecule has 5 heterocycles. The van der Waals surface area contributed by atoms with E-state index in [1.54, 1.807) is 19.4 Å². The average Bonchev–Trinajstić information content (AvgIpc) is 3.25. The Kier molecular flexibility index (Phi) is 6.99. The second-order valence-corrected chi connectivity index (χ2v) is 9.52. The molecule has 5 rings (SSSR count). The predicted octanol–water partition coefficient (Wildman–Crippen LogP) is 2.77. The number of morpholine rings is 1. The molecule has 0 amide bonds. The highest BCUT2D eigenvalue weighted by Gasteiger charge is 2.35. The van der Waals surface area contributed by atoms with E-state index in [1.165, 1.54) is 0 Å². The number of imidazole rings is 1. The van der Waals surface area contributed by atoms with Crippen molar-refractivity contribution in [3.63, 3.8) is 0 Å². The quantitative estimate of drug-likeness (QED) is 0.510. The van der Waals surface area contributed by atoms with Gasteiger partial charge in [0.2, 0.25) is 11.9 Å². The van der Waals surface area contributed by atoms with Crippen molar-refractivity contribution in [2.45, 2.75) is 32.6 Å². The van der Waals surface area contributed by atoms with Gasteiger partial charge in [0, 0.05) is 63.9 Å². The molecule has 2 aliphatic rings. The SMILES string of the molecule is C=C(C)N1CCN(c2nc3c(N4CCOCC4)nc(-c4cnc(NC)nc4)nc3n2CC(F)(F)F)C[C@@H]1C. The monoisotopic (exact) mass is 532 g/mol. The van der Waals surface area contributed by atoms with Crippen LogP contribution in [0.2, 0.25) is 0 Å². The Morgan fingerprint density at radius 1 is 1.08 bits per heavy atom. The molecule has 1 atom stereocenters. The normalized spacial score (nSPS) is 18.8. The Morgan fingerprint density at radius 2 is 1.79 bits per heavy atom. The maximum atomic E-state index is 13.9. The Hall–Kier alpha value is -3.68. The molecule has 38 heavy (non-hydrogen) atoms. The van der Waals surface area contributed by atoms with E-state index in [0.717, 1.165) is 10.3 Å². The highest BCUT2D eigenvalue weighted by molar-refractivity contribution is 5.88. The number of fused-ring (bicyclic) bond motifs is 1. The Morgan fingerprint density at radius 3 is 2.39 bits per heavy atom. The van der Waals surface area contributed by atoms with E-state index in [0.29, 0.717) is 68.8 Å². The zero-order valence-electron chi connectivity index (χ0n) is 21.7. The molecule has 0 bridgehead atoms. The molecule has 0 aromatic carbocycles. The fourth-order valence-electron chi connectivity index (χ4n) is 4.94. The van der Waals surface area contributed by atoms with Crippen LogP contribution in [-0.4, -0.2) is 99.6 Å². The van der Waals surface area contributed by atoms with Gasteiger partial charge in [0.15, 0.2) is 22.8 Å². The summed E-state index contributed by atoms with van der Waals surface area (Å²) in [6.07, 6.45) is -1.38. The van der Waals surface area contributed by atoms with Crippen molar-refractivity contribution in [2.75, 3.05) is 68.1 Å². The summed E-state index contributed by atoms with van der Waals surface area (Å²) in [6, 6.07) is 0.0589. The Balaban J connectivity index is 1.67. The average molecular weight is 533 g/mol. The number of hydrogen-bond donors (Lipinski definition) is 1. The molecule has 0 aliphatic carbocycles. The van der Waals surface area contributed by atoms with Gasteiger partial charge < -0.3 is 24.8 Å². The summed E-state index contributed by atoms with van der Waals surface area (Å²) < 4.78 is 48.4. The smallest absolute Gasteiger partial charge is 0.378 e. The van der Waals surface area contributed by atoms with Gasteiger partial charge >= 0.3 is 6.18 Å². The van der Waals surface area contributed by atoms with E-state index >= 15 is 0 Å². The molecule has 0 spiro atoms. The van der Waals surface area contributed by atoms with Gasteiger partial charge in [-0.05, 0) is 13.8 Å². The fraction of sp³-hybridized carbons (Fsp3) is 0.542. The van der Waals surface area contributed by atoms with Crippen LogP contribution in [0, 0.1) is 0 Å². The number of halogens is 3. The van der Waals surface area contributed by atoms with Crippen LogP contribution in [0.15, 0.2) is 24.7 Å². The number of anilines is 3. The molecule has 1 N–H and O–H groups in total. The van der Waals surface area contributed by atoms with E-state index in [2.05, 4.69) is 31.7 Å². The minimum absolute atomic E-state index is 0.0589. The first-order valence-electron chi connectivity index (χ1n) is 12.5. The van der Waals surface area contributed by atoms with Crippen molar-refractivity contribution >= 4 is 28.9 Å². The van der Waals surface area contributed by atoms with E-state index < -0.39 is 12.7 Å². The first kappa shape index (κ1) is 25.9. The summed E-state index contributed by atoms with van der Waals surface area (Å²) in [7, 11) is 1.70. The summed E-state index contributed by atoms with van der Waals surface area (Å²) in [5, 5.41) is 2.85. The summed E-state index contributed by atoms with van der Waals surface area (Å²) in [6.45, 7) is 10.5. The van der Waals surface area contributed by atoms with Gasteiger partial charge in [0.1, 0.15) is 6.54 Å². The van der Waals surface area contributed by atoms with Gasteiger partial charge in [-0.2, -0.15) is 13.2 Å². The van der Waals surface area contributed by atoms with E-state index in [1.807, 2.05) is 23.6 Å². The lowest BCUT2D eigenvalue weighted by Gasteiger charge is -2.41. The van der Waals surface area contributed by atoms with Crippen LogP contribution in [-0.2, 0) is 11.3 Å². The number of nitrogens with zero attached hydrogens (tertiary/aromatic N) is 9. The van der Waals surface area contributed by atoms with Crippen LogP contribution >= 0.6 is 0 Å². The Bertz CT molecular complexity index is 1300. The number of allylic oxidation sites excluding steroid dienone is 1. The van der Waals surface area contributed by atoms with Crippen molar-refractivity contribution in [3.05, 3.63) is 24.7 Å². The number of aromatic nitrogens is 6. The van der Waals surface area contributed by atoms with Crippen LogP contribution in [0.3, 0.4) is 0 Å². The summed E-state index contributed by atoms with van der Waals surface area (Å²) in [5.74, 6) is 1.35. The summed E-state index contributed by atoms with van der Waals surface area (Å²) >= 11 is 0. The van der Waals surface area contributed by atoms with Crippen molar-refractivity contribution < 1.29 is 17.9 Å². The van der Waals surface area contributed by atoms with Crippen molar-refractivity contribution in [1.29, 1.82) is 0 Å². The second kappa shape index (κ2) is 10.2. The highest BCUT2D eigenvalue weighted by atomic mass is 19.4. The van der Waals surface area contributed by atoms with Gasteiger partial charge in [0.05, 0.1) is 18.8 Å². The van der Waals surface area contributed by atoms with Crippen LogP contribution in [0.4, 0.5) is 30.9 Å². The number of hydrogen-bond acceptors (Lipinski definition) is 10. The minimum Gasteiger partial charge on any atom is -0.378 e. The van der Waals surface area contributed by atoms with Crippen LogP contribution in [0.1, 0.15) is 13.8 Å². The highest BCUT2D eigenvalue weighted by Crippen LogP contribution is 2.34. The number of nitrogens with one attached hydrogen (secondary N) is 1. The zero-order chi connectivity index (χ0) is 27.0. The predicted molar refractivity (Wildman–Crippen MR) is 138 cm³/mol. The minimum atomic E-state index is -4.48. The van der Waals surface area contributed by atoms with E-state index in [4.69, 9.17) is 14.7 Å². The molecule has 0 unspecified atom stereocenters. The lowest BCUT2D eigenvalue weighted by molar-refractivity contribution is -0.139. The van der Waals surface area contributed by atoms with E-state index in [9.17, 15) is 13.2 Å². The summed E-state index contributed by atoms with van der Waals surface area (Å²) in [5.41, 5.74) is 1.87. The van der Waals surface area contributed by atoms with Gasteiger partial charge in [-0.25, -0.2) is 24.9 Å². The van der Waals surface area contributed by atoms with Crippen LogP contribution in [0.25, 0.3) is 22.6 Å². The maximum absolute atomic E-state index is 13.9. The van der Waals surface area contributed by atoms with E-state index in [-0.39, 0.29) is 23.5 Å². The molecule has 204 valence electrons. The molecule has 2 aliphatic heterocycles. The largest absolute Gasteiger partial charge is 0.406 e. The lowest BCUT2D eigenvalue weighted by atomic mass is 10.2. The molecule has 2 saturated heterocycles. The molecule has 0 saturated carbocycles. The summed E-state index contributed by atoms with van der Waals surface area (Å²) in [4.78, 5) is 28.6. The van der Waals surface area contributed by atoms with Crippen molar-refractivity contribution in [1.82, 2.24) is 34.4 Å². The van der Waals surface area contributed by atoms with Crippen molar-refractivity contribution in [2.24, 2.45) is 0 Å². The third kappa shape index (κ3) is 5.17. The van der Waals surface area contributed by atoms with Gasteiger partial charge in [0.25, 0.3) is 0 Å². The molecule has 14 heteroatoms. The van der Waals surface area contributed by atoms with Crippen LogP contribution < -0.4 is 15.1 Å². The van der Waals surface area contributed by atoms with Gasteiger partial charge in [-0.15, -0.1) is 0 Å². The molecule has 3 aromatic rings. The third-order valence-corrected chi connectivity index (χ3v) is 6.74. The topological polar surface area (TPSA) is 100 Å². The number of rotatable bonds is 6. The molecule has 0 radical (unpaired) electrons. The molecular weight excluding hydrogens is 501 g/mol. The molecule has 3 aromatic heterocycles. The fourth-order valence-corrected chi connectivity index (χ4v) is 4.94. The van der Waals surface area contributed by atoms with Gasteiger partial charge in [-0.1, -0.05) is 6.58 Å². The molecule has 2 fully saturated rings. The zero-order valence-corrected chi connectivity index (χ0v) is 21.7. The molecular formula is C24H31F3N10O. The first-order valence-corrected chi connectivity index (χ1v) is 12.5. The maximum Gasteiger partial charge on any atom is 0.406 e. The lowest BCUT2D eigenvalue weighted by Crippen LogP contribution is -2.51.